The summed E-state index contributed by atoms with van der Waals surface area (Å²) in [7, 11) is -4.67. The van der Waals surface area contributed by atoms with Crippen LogP contribution in [0.4, 0.5) is 0 Å². The van der Waals surface area contributed by atoms with Gasteiger partial charge < -0.3 is 4.55 Å². The molecule has 0 aromatic carbocycles. The molecule has 0 heterocycles. The fourth-order valence-corrected chi connectivity index (χ4v) is 0.311. The lowest BCUT2D eigenvalue weighted by Crippen LogP contribution is -1.93. The lowest BCUT2D eigenvalue weighted by molar-refractivity contribution is 0.334. The van der Waals surface area contributed by atoms with Crippen molar-refractivity contribution in [2.24, 2.45) is 0 Å². The smallest absolute Gasteiger partial charge is 0.394 e. The third-order valence-corrected chi connectivity index (χ3v) is 0.611. The Bertz CT molecular complexity index is 221. The van der Waals surface area contributed by atoms with Gasteiger partial charge in [-0.2, -0.15) is 8.42 Å². The van der Waals surface area contributed by atoms with Crippen molar-refractivity contribution in [2.75, 3.05) is 6.61 Å². The van der Waals surface area contributed by atoms with Crippen molar-refractivity contribution >= 4 is 21.8 Å². The van der Waals surface area contributed by atoms with Crippen LogP contribution in [0.15, 0.2) is 12.7 Å². The Morgan fingerprint density at radius 1 is 1.58 bits per heavy atom. The van der Waals surface area contributed by atoms with Crippen LogP contribution in [-0.2, 0) is 25.9 Å². The van der Waals surface area contributed by atoms with E-state index in [4.69, 9.17) is 17.5 Å². The van der Waals surface area contributed by atoms with E-state index in [0.717, 1.165) is 0 Å². The van der Waals surface area contributed by atoms with Crippen molar-refractivity contribution in [2.45, 2.75) is 0 Å². The average Bonchev–Trinajstić information content (AvgIpc) is 1.79. The molecule has 0 aliphatic carbocycles. The molecule has 74 valence electrons. The molecule has 0 saturated heterocycles. The highest BCUT2D eigenvalue weighted by Crippen LogP contribution is 1.75. The molecule has 0 aromatic heterocycles. The largest absolute Gasteiger partial charge is 0.750 e. The van der Waals surface area contributed by atoms with Crippen LogP contribution in [-0.4, -0.2) is 32.9 Å². The minimum Gasteiger partial charge on any atom is -0.750 e. The molecule has 0 aromatic rings. The van der Waals surface area contributed by atoms with Crippen molar-refractivity contribution in [1.82, 2.24) is 0 Å². The van der Waals surface area contributed by atoms with Crippen LogP contribution >= 0.6 is 0 Å². The van der Waals surface area contributed by atoms with Gasteiger partial charge in [0, 0.05) is 0 Å². The van der Waals surface area contributed by atoms with Gasteiger partial charge in [-0.1, -0.05) is 6.08 Å². The summed E-state index contributed by atoms with van der Waals surface area (Å²) in [6.45, 7) is 3.29. The summed E-state index contributed by atoms with van der Waals surface area (Å²) in [6, 6.07) is 0. The van der Waals surface area contributed by atoms with E-state index in [1.807, 2.05) is 0 Å². The van der Waals surface area contributed by atoms with Crippen molar-refractivity contribution in [3.8, 4) is 0 Å². The molecule has 0 aliphatic heterocycles. The van der Waals surface area contributed by atoms with E-state index in [-0.39, 0.29) is 6.61 Å². The van der Waals surface area contributed by atoms with Gasteiger partial charge in [0.05, 0.1) is 18.0 Å². The molecule has 0 radical (unpaired) electrons. The van der Waals surface area contributed by atoms with Gasteiger partial charge in [-0.05, 0) is 0 Å². The molecule has 7 nitrogen and oxygen atoms in total. The van der Waals surface area contributed by atoms with Crippen LogP contribution in [0.3, 0.4) is 0 Å². The molecule has 0 bridgehead atoms. The zero-order valence-electron chi connectivity index (χ0n) is 5.74. The van der Waals surface area contributed by atoms with Crippen LogP contribution in [0.25, 0.3) is 0 Å². The molecule has 0 amide bonds. The van der Waals surface area contributed by atoms with E-state index < -0.39 is 21.8 Å². The number of rotatable bonds is 3. The highest BCUT2D eigenvalue weighted by Gasteiger charge is 1.84. The van der Waals surface area contributed by atoms with Crippen LogP contribution in [0, 0.1) is 0 Å². The minimum atomic E-state index is -4.67. The first kappa shape index (κ1) is 14.2. The van der Waals surface area contributed by atoms with Crippen LogP contribution < -0.4 is 0 Å². The standard InChI is InChI=1S/C3H6O3S.H2O4S/c1-2-3-6-7(4)5;1-5(2,3)4/h2H,1,3H2,(H,4,5);(H2,1,2,3,4)/p-1. The highest BCUT2D eigenvalue weighted by atomic mass is 32.3. The van der Waals surface area contributed by atoms with Gasteiger partial charge in [-0.3, -0.25) is 13.3 Å². The van der Waals surface area contributed by atoms with Crippen molar-refractivity contribution in [1.29, 1.82) is 0 Å². The molecule has 1 atom stereocenters. The van der Waals surface area contributed by atoms with E-state index in [1.54, 1.807) is 0 Å². The van der Waals surface area contributed by atoms with Gasteiger partial charge in [0.15, 0.2) is 0 Å². The average molecular weight is 219 g/mol. The summed E-state index contributed by atoms with van der Waals surface area (Å²) in [5.41, 5.74) is 0. The molecule has 0 spiro atoms. The highest BCUT2D eigenvalue weighted by molar-refractivity contribution is 7.79. The Hall–Kier alpha value is -0.320. The molecule has 1 unspecified atom stereocenters. The summed E-state index contributed by atoms with van der Waals surface area (Å²) in [5, 5.41) is 0. The third kappa shape index (κ3) is 53.9. The van der Waals surface area contributed by atoms with E-state index in [1.165, 1.54) is 6.08 Å². The van der Waals surface area contributed by atoms with Crippen LogP contribution in [0.1, 0.15) is 0 Å². The van der Waals surface area contributed by atoms with E-state index >= 15 is 0 Å². The number of hydrogen-bond acceptors (Lipinski definition) is 5. The summed E-state index contributed by atoms with van der Waals surface area (Å²) < 4.78 is 54.5. The molecule has 0 rings (SSSR count). The van der Waals surface area contributed by atoms with Crippen molar-refractivity contribution < 1.29 is 30.5 Å². The summed E-state index contributed by atoms with van der Waals surface area (Å²) >= 11 is -2.39. The molecule has 0 fully saturated rings. The summed E-state index contributed by atoms with van der Waals surface area (Å²) in [6.07, 6.45) is 1.36. The summed E-state index contributed by atoms with van der Waals surface area (Å²) in [5.74, 6) is 0. The van der Waals surface area contributed by atoms with Gasteiger partial charge in [0.25, 0.3) is 0 Å². The zero-order valence-corrected chi connectivity index (χ0v) is 7.38. The molecular formula is C3H7O7S2-. The fourth-order valence-electron chi connectivity index (χ4n) is 0.104. The van der Waals surface area contributed by atoms with Gasteiger partial charge in [-0.25, -0.2) is 4.21 Å². The Morgan fingerprint density at radius 3 is 2.00 bits per heavy atom. The predicted molar refractivity (Wildman–Crippen MR) is 39.2 cm³/mol. The Labute approximate surface area is 72.1 Å². The maximum Gasteiger partial charge on any atom is 0.394 e. The first-order valence-electron chi connectivity index (χ1n) is 2.30. The maximum absolute atomic E-state index is 9.49. The molecular weight excluding hydrogens is 212 g/mol. The second-order valence-corrected chi connectivity index (χ2v) is 2.76. The van der Waals surface area contributed by atoms with Gasteiger partial charge >= 0.3 is 10.4 Å². The summed E-state index contributed by atoms with van der Waals surface area (Å²) in [4.78, 5) is 0. The van der Waals surface area contributed by atoms with Gasteiger partial charge in [0.1, 0.15) is 0 Å². The van der Waals surface area contributed by atoms with Crippen molar-refractivity contribution in [3.05, 3.63) is 12.7 Å². The monoisotopic (exact) mass is 219 g/mol. The fraction of sp³-hybridized carbons (Fsp3) is 0.333. The Balaban J connectivity index is 0. The van der Waals surface area contributed by atoms with E-state index in [9.17, 15) is 8.76 Å². The predicted octanol–water partition coefficient (Wildman–Crippen LogP) is -0.670. The quantitative estimate of drug-likeness (QED) is 0.366. The van der Waals surface area contributed by atoms with E-state index in [2.05, 4.69) is 10.8 Å². The van der Waals surface area contributed by atoms with Crippen LogP contribution in [0.5, 0.6) is 0 Å². The molecule has 2 N–H and O–H groups in total. The first-order chi connectivity index (χ1) is 5.27. The third-order valence-electron chi connectivity index (χ3n) is 0.282. The van der Waals surface area contributed by atoms with Gasteiger partial charge in [-0.15, -0.1) is 6.58 Å². The lowest BCUT2D eigenvalue weighted by atomic mass is 10.7. The SMILES string of the molecule is C=CCOS(=O)[O-].O=S(=O)(O)O. The Morgan fingerprint density at radius 2 is 1.92 bits per heavy atom. The normalized spacial score (nSPS) is 12.6. The Kier molecular flexibility index (Phi) is 8.69. The second kappa shape index (κ2) is 7.34. The van der Waals surface area contributed by atoms with Crippen LogP contribution in [0.2, 0.25) is 0 Å². The van der Waals surface area contributed by atoms with Crippen molar-refractivity contribution in [3.63, 3.8) is 0 Å². The molecule has 0 aliphatic rings. The first-order valence-corrected chi connectivity index (χ1v) is 4.70. The zero-order chi connectivity index (χ0) is 10.2. The molecule has 9 heteroatoms. The number of hydrogen-bond donors (Lipinski definition) is 2. The molecule has 0 saturated carbocycles. The van der Waals surface area contributed by atoms with Gasteiger partial charge in [0.2, 0.25) is 0 Å². The second-order valence-electron chi connectivity index (χ2n) is 1.23. The lowest BCUT2D eigenvalue weighted by Gasteiger charge is -1.99. The molecule has 12 heavy (non-hydrogen) atoms. The maximum atomic E-state index is 9.49. The van der Waals surface area contributed by atoms with E-state index in [0.29, 0.717) is 0 Å². The minimum absolute atomic E-state index is 0.0517. The topological polar surface area (TPSA) is 124 Å².